The fourth-order valence-corrected chi connectivity index (χ4v) is 3.44. The predicted molar refractivity (Wildman–Crippen MR) is 105 cm³/mol. The Bertz CT molecular complexity index is 755. The Balaban J connectivity index is 1.57. The van der Waals surface area contributed by atoms with Crippen LogP contribution in [0.15, 0.2) is 48.5 Å². The van der Waals surface area contributed by atoms with Gasteiger partial charge in [-0.25, -0.2) is 4.79 Å². The monoisotopic (exact) mass is 370 g/mol. The van der Waals surface area contributed by atoms with Gasteiger partial charge in [0.05, 0.1) is 19.3 Å². The molecule has 0 unspecified atom stereocenters. The van der Waals surface area contributed by atoms with Crippen molar-refractivity contribution < 1.29 is 19.0 Å². The number of benzene rings is 2. The van der Waals surface area contributed by atoms with E-state index in [1.165, 1.54) is 0 Å². The van der Waals surface area contributed by atoms with Crippen molar-refractivity contribution in [1.29, 1.82) is 0 Å². The van der Waals surface area contributed by atoms with E-state index in [0.29, 0.717) is 23.8 Å². The van der Waals surface area contributed by atoms with Gasteiger partial charge in [-0.1, -0.05) is 18.9 Å². The Morgan fingerprint density at radius 1 is 1.00 bits per heavy atom. The van der Waals surface area contributed by atoms with Crippen LogP contribution in [0.25, 0.3) is 0 Å². The molecule has 0 heterocycles. The van der Waals surface area contributed by atoms with Crippen LogP contribution in [0.5, 0.6) is 17.2 Å². The van der Waals surface area contributed by atoms with Gasteiger partial charge in [-0.05, 0) is 49.2 Å². The smallest absolute Gasteiger partial charge is 0.319 e. The zero-order valence-electron chi connectivity index (χ0n) is 15.8. The maximum absolute atomic E-state index is 12.4. The minimum absolute atomic E-state index is 0.213. The van der Waals surface area contributed by atoms with Gasteiger partial charge in [0.1, 0.15) is 17.2 Å². The second-order valence-corrected chi connectivity index (χ2v) is 6.80. The fourth-order valence-electron chi connectivity index (χ4n) is 3.44. The van der Waals surface area contributed by atoms with Gasteiger partial charge in [-0.15, -0.1) is 0 Å². The predicted octanol–water partition coefficient (Wildman–Crippen LogP) is 4.57. The van der Waals surface area contributed by atoms with Crippen molar-refractivity contribution in [2.24, 2.45) is 0 Å². The van der Waals surface area contributed by atoms with Gasteiger partial charge >= 0.3 is 6.03 Å². The molecule has 1 fully saturated rings. The number of rotatable bonds is 7. The Morgan fingerprint density at radius 3 is 2.37 bits per heavy atom. The number of ether oxygens (including phenoxy) is 3. The van der Waals surface area contributed by atoms with E-state index in [2.05, 4.69) is 10.6 Å². The van der Waals surface area contributed by atoms with Crippen LogP contribution in [0.4, 0.5) is 10.5 Å². The molecule has 0 aliphatic heterocycles. The quantitative estimate of drug-likeness (QED) is 0.749. The molecule has 2 N–H and O–H groups in total. The lowest BCUT2D eigenvalue weighted by Crippen LogP contribution is -2.51. The number of nitrogens with one attached hydrogen (secondary N) is 2. The molecule has 144 valence electrons. The van der Waals surface area contributed by atoms with Crippen molar-refractivity contribution in [3.8, 4) is 17.2 Å². The second-order valence-electron chi connectivity index (χ2n) is 6.80. The Morgan fingerprint density at radius 2 is 1.70 bits per heavy atom. The number of carbonyl (C=O) groups excluding carboxylic acids is 1. The summed E-state index contributed by atoms with van der Waals surface area (Å²) in [5.41, 5.74) is 0.449. The minimum Gasteiger partial charge on any atom is -0.497 e. The van der Waals surface area contributed by atoms with E-state index < -0.39 is 0 Å². The summed E-state index contributed by atoms with van der Waals surface area (Å²) in [5.74, 6) is 2.11. The van der Waals surface area contributed by atoms with Gasteiger partial charge in [0.25, 0.3) is 0 Å². The van der Waals surface area contributed by atoms with Crippen LogP contribution in [0.3, 0.4) is 0 Å². The number of hydrogen-bond donors (Lipinski definition) is 2. The summed E-state index contributed by atoms with van der Waals surface area (Å²) in [6.45, 7) is 0.535. The van der Waals surface area contributed by atoms with Crippen LogP contribution >= 0.6 is 0 Å². The van der Waals surface area contributed by atoms with Crippen molar-refractivity contribution in [3.05, 3.63) is 48.5 Å². The van der Waals surface area contributed by atoms with Crippen LogP contribution in [-0.2, 0) is 4.74 Å². The molecule has 2 amide bonds. The van der Waals surface area contributed by atoms with Crippen molar-refractivity contribution in [1.82, 2.24) is 5.32 Å². The van der Waals surface area contributed by atoms with E-state index in [1.54, 1.807) is 14.2 Å². The molecule has 2 aromatic carbocycles. The Labute approximate surface area is 159 Å². The van der Waals surface area contributed by atoms with Crippen molar-refractivity contribution in [3.63, 3.8) is 0 Å². The molecule has 0 bridgehead atoms. The number of urea groups is 1. The van der Waals surface area contributed by atoms with E-state index in [-0.39, 0.29) is 11.6 Å². The maximum atomic E-state index is 12.4. The molecule has 1 aliphatic carbocycles. The van der Waals surface area contributed by atoms with Crippen LogP contribution in [0, 0.1) is 0 Å². The highest BCUT2D eigenvalue weighted by molar-refractivity contribution is 5.89. The van der Waals surface area contributed by atoms with Gasteiger partial charge in [-0.2, -0.15) is 0 Å². The summed E-state index contributed by atoms with van der Waals surface area (Å²) in [5, 5.41) is 5.97. The fraction of sp³-hybridized carbons (Fsp3) is 0.381. The highest BCUT2D eigenvalue weighted by atomic mass is 16.5. The summed E-state index contributed by atoms with van der Waals surface area (Å²) in [6, 6.07) is 14.4. The third kappa shape index (κ3) is 5.14. The third-order valence-corrected chi connectivity index (χ3v) is 4.75. The number of anilines is 1. The SMILES string of the molecule is COCC1(NC(=O)Nc2ccc(Oc3cccc(OC)c3)cc2)CCCC1. The van der Waals surface area contributed by atoms with Crippen LogP contribution in [0.1, 0.15) is 25.7 Å². The molecular weight excluding hydrogens is 344 g/mol. The molecule has 1 aliphatic rings. The molecule has 2 aromatic rings. The van der Waals surface area contributed by atoms with E-state index >= 15 is 0 Å². The van der Waals surface area contributed by atoms with Crippen molar-refractivity contribution in [2.75, 3.05) is 26.1 Å². The van der Waals surface area contributed by atoms with E-state index in [9.17, 15) is 4.79 Å². The molecule has 27 heavy (non-hydrogen) atoms. The first kappa shape index (κ1) is 19.0. The van der Waals surface area contributed by atoms with Crippen molar-refractivity contribution >= 4 is 11.7 Å². The summed E-state index contributed by atoms with van der Waals surface area (Å²) in [4.78, 5) is 12.4. The molecule has 6 heteroatoms. The largest absolute Gasteiger partial charge is 0.497 e. The molecule has 3 rings (SSSR count). The number of methoxy groups -OCH3 is 2. The molecule has 0 aromatic heterocycles. The average Bonchev–Trinajstić information content (AvgIpc) is 3.11. The Kier molecular flexibility index (Phi) is 6.19. The summed E-state index contributed by atoms with van der Waals surface area (Å²) in [7, 11) is 3.29. The highest BCUT2D eigenvalue weighted by Crippen LogP contribution is 2.30. The average molecular weight is 370 g/mol. The van der Waals surface area contributed by atoms with Gasteiger partial charge < -0.3 is 24.8 Å². The lowest BCUT2D eigenvalue weighted by Gasteiger charge is -2.29. The summed E-state index contributed by atoms with van der Waals surface area (Å²) >= 11 is 0. The maximum Gasteiger partial charge on any atom is 0.319 e. The van der Waals surface area contributed by atoms with Gasteiger partial charge in [0.15, 0.2) is 0 Å². The second kappa shape index (κ2) is 8.77. The lowest BCUT2D eigenvalue weighted by atomic mass is 9.99. The minimum atomic E-state index is -0.256. The number of amides is 2. The van der Waals surface area contributed by atoms with Gasteiger partial charge in [-0.3, -0.25) is 0 Å². The first-order chi connectivity index (χ1) is 13.1. The standard InChI is InChI=1S/C21H26N2O4/c1-25-15-21(12-3-4-13-21)23-20(24)22-16-8-10-17(11-9-16)27-19-7-5-6-18(14-19)26-2/h5-11,14H,3-4,12-13,15H2,1-2H3,(H2,22,23,24). The molecule has 0 spiro atoms. The summed E-state index contributed by atoms with van der Waals surface area (Å²) in [6.07, 6.45) is 4.11. The topological polar surface area (TPSA) is 68.8 Å². The number of hydrogen-bond acceptors (Lipinski definition) is 4. The zero-order valence-corrected chi connectivity index (χ0v) is 15.8. The van der Waals surface area contributed by atoms with Crippen LogP contribution in [0.2, 0.25) is 0 Å². The van der Waals surface area contributed by atoms with Crippen LogP contribution in [-0.4, -0.2) is 32.4 Å². The van der Waals surface area contributed by atoms with E-state index in [4.69, 9.17) is 14.2 Å². The van der Waals surface area contributed by atoms with Crippen LogP contribution < -0.4 is 20.1 Å². The first-order valence-corrected chi connectivity index (χ1v) is 9.13. The summed E-state index contributed by atoms with van der Waals surface area (Å²) < 4.78 is 16.3. The van der Waals surface area contributed by atoms with Gasteiger partial charge in [0.2, 0.25) is 0 Å². The van der Waals surface area contributed by atoms with E-state index in [0.717, 1.165) is 31.4 Å². The number of carbonyl (C=O) groups is 1. The van der Waals surface area contributed by atoms with Gasteiger partial charge in [0, 0.05) is 18.9 Å². The third-order valence-electron chi connectivity index (χ3n) is 4.75. The normalized spacial score (nSPS) is 15.2. The molecule has 1 saturated carbocycles. The molecule has 0 atom stereocenters. The molecule has 6 nitrogen and oxygen atoms in total. The molecule has 0 radical (unpaired) electrons. The zero-order chi connectivity index (χ0) is 19.1. The lowest BCUT2D eigenvalue weighted by molar-refractivity contribution is 0.117. The van der Waals surface area contributed by atoms with Crippen molar-refractivity contribution in [2.45, 2.75) is 31.2 Å². The highest BCUT2D eigenvalue weighted by Gasteiger charge is 2.35. The molecular formula is C21H26N2O4. The first-order valence-electron chi connectivity index (χ1n) is 9.13. The molecule has 0 saturated heterocycles. The Hall–Kier alpha value is -2.73. The van der Waals surface area contributed by atoms with E-state index in [1.807, 2.05) is 48.5 Å².